The number of nitrogens with zero attached hydrogens (tertiary/aromatic N) is 2. The van der Waals surface area contributed by atoms with Gasteiger partial charge < -0.3 is 20.1 Å². The number of hydrogen-bond acceptors (Lipinski definition) is 5. The van der Waals surface area contributed by atoms with Gasteiger partial charge in [0.25, 0.3) is 5.91 Å². The highest BCUT2D eigenvalue weighted by atomic mass is 16.5. The summed E-state index contributed by atoms with van der Waals surface area (Å²) >= 11 is 0. The molecule has 0 aliphatic carbocycles. The van der Waals surface area contributed by atoms with Gasteiger partial charge in [0.15, 0.2) is 0 Å². The van der Waals surface area contributed by atoms with Gasteiger partial charge in [-0.05, 0) is 37.1 Å². The number of carbonyl (C=O) groups excluding carboxylic acids is 3. The molecule has 27 heavy (non-hydrogen) atoms. The molecule has 2 rings (SSSR count). The first-order valence-corrected chi connectivity index (χ1v) is 8.55. The van der Waals surface area contributed by atoms with Gasteiger partial charge in [0.05, 0.1) is 6.61 Å². The van der Waals surface area contributed by atoms with Crippen LogP contribution in [-0.4, -0.2) is 66.1 Å². The minimum atomic E-state index is -1.26. The highest BCUT2D eigenvalue weighted by Crippen LogP contribution is 2.30. The summed E-state index contributed by atoms with van der Waals surface area (Å²) in [4.78, 5) is 39.4. The van der Waals surface area contributed by atoms with Crippen molar-refractivity contribution in [2.75, 3.05) is 33.4 Å². The molecule has 4 amide bonds. The van der Waals surface area contributed by atoms with Crippen molar-refractivity contribution in [3.8, 4) is 5.75 Å². The van der Waals surface area contributed by atoms with Crippen LogP contribution < -0.4 is 10.1 Å². The highest BCUT2D eigenvalue weighted by Gasteiger charge is 2.49. The smallest absolute Gasteiger partial charge is 0.325 e. The summed E-state index contributed by atoms with van der Waals surface area (Å²) < 4.78 is 5.54. The van der Waals surface area contributed by atoms with Crippen LogP contribution in [0.4, 0.5) is 4.79 Å². The molecular formula is C19H25N3O5. The van der Waals surface area contributed by atoms with Crippen molar-refractivity contribution in [2.24, 2.45) is 0 Å². The van der Waals surface area contributed by atoms with E-state index in [0.29, 0.717) is 17.9 Å². The lowest BCUT2D eigenvalue weighted by Gasteiger charge is -2.23. The fraction of sp³-hybridized carbons (Fsp3) is 0.421. The van der Waals surface area contributed by atoms with Gasteiger partial charge in [0, 0.05) is 13.6 Å². The Labute approximate surface area is 158 Å². The number of ether oxygens (including phenoxy) is 1. The van der Waals surface area contributed by atoms with Crippen molar-refractivity contribution >= 4 is 17.8 Å². The number of hydrogen-bond donors (Lipinski definition) is 2. The molecule has 0 bridgehead atoms. The number of likely N-dealkylation sites (N-methyl/N-ethyl adjacent to an activating group) is 1. The van der Waals surface area contributed by atoms with E-state index in [1.165, 1.54) is 11.9 Å². The molecular weight excluding hydrogens is 350 g/mol. The molecule has 1 aromatic carbocycles. The van der Waals surface area contributed by atoms with E-state index in [-0.39, 0.29) is 19.7 Å². The lowest BCUT2D eigenvalue weighted by atomic mass is 9.92. The lowest BCUT2D eigenvalue weighted by Crippen LogP contribution is -2.44. The molecule has 1 aromatic rings. The molecule has 1 aliphatic heterocycles. The van der Waals surface area contributed by atoms with Gasteiger partial charge in [-0.25, -0.2) is 4.79 Å². The number of urea groups is 1. The van der Waals surface area contributed by atoms with Crippen molar-refractivity contribution < 1.29 is 24.2 Å². The van der Waals surface area contributed by atoms with Crippen LogP contribution in [0, 0.1) is 0 Å². The van der Waals surface area contributed by atoms with Gasteiger partial charge in [0.1, 0.15) is 24.4 Å². The fourth-order valence-electron chi connectivity index (χ4n) is 2.66. The van der Waals surface area contributed by atoms with Crippen molar-refractivity contribution in [3.05, 3.63) is 42.0 Å². The van der Waals surface area contributed by atoms with Crippen molar-refractivity contribution in [1.29, 1.82) is 0 Å². The molecule has 1 unspecified atom stereocenters. The summed E-state index contributed by atoms with van der Waals surface area (Å²) in [7, 11) is 1.50. The van der Waals surface area contributed by atoms with E-state index in [1.54, 1.807) is 31.2 Å². The Balaban J connectivity index is 2.13. The minimum Gasteiger partial charge on any atom is -0.489 e. The first kappa shape index (κ1) is 20.4. The Morgan fingerprint density at radius 3 is 2.52 bits per heavy atom. The molecule has 0 radical (unpaired) electrons. The van der Waals surface area contributed by atoms with Gasteiger partial charge in [0.2, 0.25) is 5.91 Å². The topological polar surface area (TPSA) is 99.2 Å². The third kappa shape index (κ3) is 4.46. The average molecular weight is 375 g/mol. The lowest BCUT2D eigenvalue weighted by molar-refractivity contribution is -0.138. The highest BCUT2D eigenvalue weighted by molar-refractivity contribution is 6.09. The van der Waals surface area contributed by atoms with Crippen LogP contribution in [0.2, 0.25) is 0 Å². The van der Waals surface area contributed by atoms with Gasteiger partial charge in [-0.2, -0.15) is 0 Å². The monoisotopic (exact) mass is 375 g/mol. The molecule has 1 saturated heterocycles. The predicted molar refractivity (Wildman–Crippen MR) is 99.1 cm³/mol. The van der Waals surface area contributed by atoms with E-state index in [2.05, 4.69) is 11.9 Å². The second-order valence-electron chi connectivity index (χ2n) is 6.76. The predicted octanol–water partition coefficient (Wildman–Crippen LogP) is 0.859. The Morgan fingerprint density at radius 2 is 1.96 bits per heavy atom. The summed E-state index contributed by atoms with van der Waals surface area (Å²) in [6, 6.07) is 6.21. The molecule has 2 N–H and O–H groups in total. The third-order valence-corrected chi connectivity index (χ3v) is 4.35. The maximum absolute atomic E-state index is 12.8. The molecule has 0 aromatic heterocycles. The maximum atomic E-state index is 12.8. The molecule has 1 fully saturated rings. The standard InChI is InChI=1S/C19H25N3O5/c1-13(2)12-27-15-7-5-14(6-8-15)19(3)17(25)22(18(26)20-19)11-16(24)21(4)9-10-23/h5-8,23H,1,9-12H2,2-4H3,(H,20,26). The number of rotatable bonds is 8. The first-order valence-electron chi connectivity index (χ1n) is 8.55. The molecule has 1 heterocycles. The average Bonchev–Trinajstić information content (AvgIpc) is 2.84. The quantitative estimate of drug-likeness (QED) is 0.519. The van der Waals surface area contributed by atoms with Crippen molar-refractivity contribution in [3.63, 3.8) is 0 Å². The zero-order chi connectivity index (χ0) is 20.2. The third-order valence-electron chi connectivity index (χ3n) is 4.35. The summed E-state index contributed by atoms with van der Waals surface area (Å²) in [5.41, 5.74) is 0.206. The van der Waals surface area contributed by atoms with Crippen molar-refractivity contribution in [2.45, 2.75) is 19.4 Å². The van der Waals surface area contributed by atoms with E-state index in [4.69, 9.17) is 9.84 Å². The van der Waals surface area contributed by atoms with E-state index in [1.807, 2.05) is 6.92 Å². The van der Waals surface area contributed by atoms with Crippen LogP contribution in [-0.2, 0) is 15.1 Å². The van der Waals surface area contributed by atoms with Crippen LogP contribution in [0.3, 0.4) is 0 Å². The summed E-state index contributed by atoms with van der Waals surface area (Å²) in [5.74, 6) is -0.311. The fourth-order valence-corrected chi connectivity index (χ4v) is 2.66. The Bertz CT molecular complexity index is 746. The van der Waals surface area contributed by atoms with E-state index in [9.17, 15) is 14.4 Å². The molecule has 1 atom stereocenters. The second kappa shape index (κ2) is 8.22. The number of aliphatic hydroxyl groups is 1. The summed E-state index contributed by atoms with van der Waals surface area (Å²) in [6.45, 7) is 7.17. The number of amides is 4. The Kier molecular flexibility index (Phi) is 6.22. The molecule has 8 nitrogen and oxygen atoms in total. The van der Waals surface area contributed by atoms with Gasteiger partial charge in [-0.1, -0.05) is 18.7 Å². The summed E-state index contributed by atoms with van der Waals surface area (Å²) in [6.07, 6.45) is 0. The Hall–Kier alpha value is -2.87. The van der Waals surface area contributed by atoms with Gasteiger partial charge in [-0.3, -0.25) is 14.5 Å². The van der Waals surface area contributed by atoms with Crippen LogP contribution in [0.5, 0.6) is 5.75 Å². The SMILES string of the molecule is C=C(C)COc1ccc(C2(C)NC(=O)N(CC(=O)N(C)CCO)C2=O)cc1. The molecule has 0 saturated carbocycles. The molecule has 8 heteroatoms. The van der Waals surface area contributed by atoms with Crippen LogP contribution in [0.15, 0.2) is 36.4 Å². The molecule has 0 spiro atoms. The number of benzene rings is 1. The van der Waals surface area contributed by atoms with E-state index < -0.39 is 23.4 Å². The number of carbonyl (C=O) groups is 3. The van der Waals surface area contributed by atoms with Crippen molar-refractivity contribution in [1.82, 2.24) is 15.1 Å². The van der Waals surface area contributed by atoms with Gasteiger partial charge in [-0.15, -0.1) is 0 Å². The number of imide groups is 1. The zero-order valence-corrected chi connectivity index (χ0v) is 15.8. The summed E-state index contributed by atoms with van der Waals surface area (Å²) in [5, 5.41) is 11.6. The zero-order valence-electron chi connectivity index (χ0n) is 15.8. The van der Waals surface area contributed by atoms with Crippen LogP contribution in [0.1, 0.15) is 19.4 Å². The largest absolute Gasteiger partial charge is 0.489 e. The van der Waals surface area contributed by atoms with E-state index in [0.717, 1.165) is 10.5 Å². The van der Waals surface area contributed by atoms with Gasteiger partial charge >= 0.3 is 6.03 Å². The molecule has 1 aliphatic rings. The number of aliphatic hydroxyl groups excluding tert-OH is 1. The van der Waals surface area contributed by atoms with E-state index >= 15 is 0 Å². The maximum Gasteiger partial charge on any atom is 0.325 e. The normalized spacial score (nSPS) is 19.0. The first-order chi connectivity index (χ1) is 12.7. The van der Waals surface area contributed by atoms with Crippen LogP contribution in [0.25, 0.3) is 0 Å². The van der Waals surface area contributed by atoms with Crippen LogP contribution >= 0.6 is 0 Å². The second-order valence-corrected chi connectivity index (χ2v) is 6.76. The minimum absolute atomic E-state index is 0.130. The number of nitrogens with one attached hydrogen (secondary N) is 1. The Morgan fingerprint density at radius 1 is 1.33 bits per heavy atom. The molecule has 146 valence electrons.